The second-order valence-corrected chi connectivity index (χ2v) is 10.2. The number of carbonyl (C=O) groups is 3. The first-order valence-corrected chi connectivity index (χ1v) is 12.8. The topological polar surface area (TPSA) is 97.2 Å². The molecule has 38 heavy (non-hydrogen) atoms. The van der Waals surface area contributed by atoms with Crippen molar-refractivity contribution in [2.24, 2.45) is 0 Å². The number of carbonyl (C=O) groups excluding carboxylic acids is 3. The van der Waals surface area contributed by atoms with Gasteiger partial charge in [-0.25, -0.2) is 4.68 Å². The Bertz CT molecular complexity index is 1480. The molecule has 1 N–H and O–H groups in total. The molecule has 0 bridgehead atoms. The quantitative estimate of drug-likeness (QED) is 0.293. The molecule has 1 heterocycles. The molecule has 3 aromatic carbocycles. The van der Waals surface area contributed by atoms with Crippen LogP contribution in [0.15, 0.2) is 72.8 Å². The average Bonchev–Trinajstić information content (AvgIpc) is 3.30. The van der Waals surface area contributed by atoms with Crippen molar-refractivity contribution >= 4 is 45.9 Å². The highest BCUT2D eigenvalue weighted by atomic mass is 35.5. The van der Waals surface area contributed by atoms with E-state index in [-0.39, 0.29) is 18.2 Å². The van der Waals surface area contributed by atoms with Gasteiger partial charge in [0.25, 0.3) is 0 Å². The number of halogens is 1. The lowest BCUT2D eigenvalue weighted by Crippen LogP contribution is -2.51. The van der Waals surface area contributed by atoms with Gasteiger partial charge in [0, 0.05) is 21.8 Å². The molecule has 1 aromatic heterocycles. The third kappa shape index (κ3) is 5.92. The fraction of sp³-hybridized carbons (Fsp3) is 0.276. The highest BCUT2D eigenvalue weighted by Crippen LogP contribution is 2.31. The molecule has 1 atom stereocenters. The molecule has 0 aliphatic carbocycles. The largest absolute Gasteiger partial charge is 0.349 e. The molecule has 8 nitrogen and oxygen atoms in total. The summed E-state index contributed by atoms with van der Waals surface area (Å²) >= 11 is 6.15. The van der Waals surface area contributed by atoms with Crippen LogP contribution in [0.4, 0.5) is 5.69 Å². The van der Waals surface area contributed by atoms with Crippen LogP contribution in [0.1, 0.15) is 56.1 Å². The Morgan fingerprint density at radius 1 is 1.03 bits per heavy atom. The molecule has 0 aliphatic rings. The summed E-state index contributed by atoms with van der Waals surface area (Å²) in [6, 6.07) is 19.8. The Labute approximate surface area is 226 Å². The van der Waals surface area contributed by atoms with Gasteiger partial charge in [-0.15, -0.1) is 5.10 Å². The van der Waals surface area contributed by atoms with Crippen molar-refractivity contribution in [2.75, 3.05) is 4.90 Å². The Morgan fingerprint density at radius 2 is 1.74 bits per heavy atom. The second-order valence-electron chi connectivity index (χ2n) is 9.79. The molecule has 0 spiro atoms. The summed E-state index contributed by atoms with van der Waals surface area (Å²) in [5, 5.41) is 11.9. The minimum absolute atomic E-state index is 0.152. The van der Waals surface area contributed by atoms with Crippen molar-refractivity contribution in [3.05, 3.63) is 88.9 Å². The van der Waals surface area contributed by atoms with E-state index in [2.05, 4.69) is 15.6 Å². The number of hydrogen-bond acceptors (Lipinski definition) is 5. The number of amides is 2. The van der Waals surface area contributed by atoms with Crippen LogP contribution < -0.4 is 10.2 Å². The summed E-state index contributed by atoms with van der Waals surface area (Å²) in [5.74, 6) is -0.906. The summed E-state index contributed by atoms with van der Waals surface area (Å²) < 4.78 is 1.51. The SMILES string of the molecule is CCC(C)(C)NC(=O)C(c1ccc(Cl)cc1)N(C(=O)Cn1nnc2ccccc21)c1cccc(C(C)=O)c1. The van der Waals surface area contributed by atoms with E-state index in [4.69, 9.17) is 11.6 Å². The van der Waals surface area contributed by atoms with E-state index < -0.39 is 17.5 Å². The van der Waals surface area contributed by atoms with Crippen LogP contribution in [-0.4, -0.2) is 38.1 Å². The van der Waals surface area contributed by atoms with Gasteiger partial charge in [-0.1, -0.05) is 60.1 Å². The van der Waals surface area contributed by atoms with Crippen LogP contribution in [0.5, 0.6) is 0 Å². The second kappa shape index (κ2) is 11.1. The van der Waals surface area contributed by atoms with Gasteiger partial charge in [0.05, 0.1) is 5.52 Å². The number of ketones is 1. The lowest BCUT2D eigenvalue weighted by molar-refractivity contribution is -0.128. The maximum atomic E-state index is 14.1. The minimum atomic E-state index is -1.04. The van der Waals surface area contributed by atoms with E-state index in [9.17, 15) is 14.4 Å². The van der Waals surface area contributed by atoms with E-state index in [1.165, 1.54) is 16.5 Å². The Kier molecular flexibility index (Phi) is 7.92. The van der Waals surface area contributed by atoms with Crippen molar-refractivity contribution < 1.29 is 14.4 Å². The maximum absolute atomic E-state index is 14.1. The van der Waals surface area contributed by atoms with Crippen LogP contribution in [-0.2, 0) is 16.1 Å². The zero-order chi connectivity index (χ0) is 27.4. The monoisotopic (exact) mass is 531 g/mol. The smallest absolute Gasteiger partial charge is 0.249 e. The van der Waals surface area contributed by atoms with Crippen molar-refractivity contribution in [1.29, 1.82) is 0 Å². The van der Waals surface area contributed by atoms with Crippen LogP contribution in [0.3, 0.4) is 0 Å². The highest BCUT2D eigenvalue weighted by molar-refractivity contribution is 6.30. The molecule has 0 saturated carbocycles. The zero-order valence-electron chi connectivity index (χ0n) is 21.8. The summed E-state index contributed by atoms with van der Waals surface area (Å²) in [5.41, 5.74) is 2.25. The van der Waals surface area contributed by atoms with E-state index in [0.717, 1.165) is 0 Å². The van der Waals surface area contributed by atoms with E-state index in [0.29, 0.717) is 39.3 Å². The number of fused-ring (bicyclic) bond motifs is 1. The van der Waals surface area contributed by atoms with Gasteiger partial charge in [0.1, 0.15) is 18.1 Å². The predicted molar refractivity (Wildman–Crippen MR) is 148 cm³/mol. The molecule has 4 rings (SSSR count). The summed E-state index contributed by atoms with van der Waals surface area (Å²) in [6.45, 7) is 7.12. The maximum Gasteiger partial charge on any atom is 0.249 e. The van der Waals surface area contributed by atoms with E-state index in [1.807, 2.05) is 45.0 Å². The van der Waals surface area contributed by atoms with Crippen LogP contribution in [0.2, 0.25) is 5.02 Å². The third-order valence-electron chi connectivity index (χ3n) is 6.54. The van der Waals surface area contributed by atoms with Gasteiger partial charge >= 0.3 is 0 Å². The number of rotatable bonds is 9. The Morgan fingerprint density at radius 3 is 2.42 bits per heavy atom. The average molecular weight is 532 g/mol. The number of benzene rings is 3. The number of anilines is 1. The molecule has 196 valence electrons. The number of Topliss-reactive ketones (excluding diaryl/α,β-unsaturated/α-hetero) is 1. The molecular formula is C29H30ClN5O3. The summed E-state index contributed by atoms with van der Waals surface area (Å²) in [6.07, 6.45) is 0.685. The molecule has 2 amide bonds. The summed E-state index contributed by atoms with van der Waals surface area (Å²) in [7, 11) is 0. The predicted octanol–water partition coefficient (Wildman–Crippen LogP) is 5.37. The molecule has 0 saturated heterocycles. The number of para-hydroxylation sites is 1. The van der Waals surface area contributed by atoms with Gasteiger partial charge in [0.15, 0.2) is 5.78 Å². The molecule has 4 aromatic rings. The van der Waals surface area contributed by atoms with E-state index >= 15 is 0 Å². The molecule has 0 fully saturated rings. The van der Waals surface area contributed by atoms with E-state index in [1.54, 1.807) is 48.5 Å². The van der Waals surface area contributed by atoms with Gasteiger partial charge in [0.2, 0.25) is 11.8 Å². The van der Waals surface area contributed by atoms with Crippen LogP contribution >= 0.6 is 11.6 Å². The zero-order valence-corrected chi connectivity index (χ0v) is 22.6. The first-order valence-electron chi connectivity index (χ1n) is 12.4. The third-order valence-corrected chi connectivity index (χ3v) is 6.79. The van der Waals surface area contributed by atoms with Crippen molar-refractivity contribution in [3.8, 4) is 0 Å². The first kappa shape index (κ1) is 27.0. The standard InChI is InChI=1S/C29H30ClN5O3/c1-5-29(3,4)31-28(38)27(20-13-15-22(30)16-14-20)35(23-10-8-9-21(17-23)19(2)36)26(37)18-34-25-12-7-6-11-24(25)32-33-34/h6-17,27H,5,18H2,1-4H3,(H,31,38). The highest BCUT2D eigenvalue weighted by Gasteiger charge is 2.35. The van der Waals surface area contributed by atoms with Gasteiger partial charge in [-0.05, 0) is 69.2 Å². The molecule has 9 heteroatoms. The minimum Gasteiger partial charge on any atom is -0.349 e. The molecular weight excluding hydrogens is 502 g/mol. The van der Waals surface area contributed by atoms with Crippen molar-refractivity contribution in [3.63, 3.8) is 0 Å². The Balaban J connectivity index is 1.86. The molecule has 1 unspecified atom stereocenters. The van der Waals surface area contributed by atoms with Gasteiger partial charge < -0.3 is 5.32 Å². The normalized spacial score (nSPS) is 12.2. The number of nitrogens with zero attached hydrogens (tertiary/aromatic N) is 4. The lowest BCUT2D eigenvalue weighted by Gasteiger charge is -2.34. The van der Waals surface area contributed by atoms with Crippen LogP contribution in [0, 0.1) is 0 Å². The van der Waals surface area contributed by atoms with Crippen molar-refractivity contribution in [2.45, 2.75) is 52.2 Å². The number of hydrogen-bond donors (Lipinski definition) is 1. The summed E-state index contributed by atoms with van der Waals surface area (Å²) in [4.78, 5) is 41.7. The molecule has 0 aliphatic heterocycles. The fourth-order valence-corrected chi connectivity index (χ4v) is 4.23. The number of nitrogens with one attached hydrogen (secondary N) is 1. The Hall–Kier alpha value is -4.04. The first-order chi connectivity index (χ1) is 18.1. The fourth-order valence-electron chi connectivity index (χ4n) is 4.10. The number of aromatic nitrogens is 3. The van der Waals surface area contributed by atoms with Crippen LogP contribution in [0.25, 0.3) is 11.0 Å². The van der Waals surface area contributed by atoms with Crippen molar-refractivity contribution in [1.82, 2.24) is 20.3 Å². The molecule has 0 radical (unpaired) electrons. The lowest BCUT2D eigenvalue weighted by atomic mass is 9.98. The van der Waals surface area contributed by atoms with Gasteiger partial charge in [-0.3, -0.25) is 19.3 Å². The van der Waals surface area contributed by atoms with Gasteiger partial charge in [-0.2, -0.15) is 0 Å².